The maximum absolute atomic E-state index is 10.6. The highest BCUT2D eigenvalue weighted by atomic mass is 16.7. The van der Waals surface area contributed by atoms with E-state index in [2.05, 4.69) is 0 Å². The van der Waals surface area contributed by atoms with Crippen LogP contribution in [0.1, 0.15) is 0 Å². The Morgan fingerprint density at radius 3 is 1.53 bits per heavy atom. The molecule has 0 spiro atoms. The van der Waals surface area contributed by atoms with Gasteiger partial charge in [-0.05, 0) is 0 Å². The minimum absolute atomic E-state index is 0.594. The van der Waals surface area contributed by atoms with Crippen LogP contribution in [0, 0.1) is 0 Å². The van der Waals surface area contributed by atoms with Crippen LogP contribution in [0.5, 0.6) is 0 Å². The van der Waals surface area contributed by atoms with Gasteiger partial charge >= 0.3 is 0 Å². The predicted octanol–water partition coefficient (Wildman–Crippen LogP) is -7.57. The number of aliphatic hydroxyl groups excluding tert-OH is 10. The molecule has 0 saturated carbocycles. The van der Waals surface area contributed by atoms with Gasteiger partial charge in [-0.15, -0.1) is 0 Å². The van der Waals surface area contributed by atoms with E-state index < -0.39 is 112 Å². The smallest absolute Gasteiger partial charge is 0.219 e. The van der Waals surface area contributed by atoms with Crippen molar-refractivity contribution < 1.29 is 79.9 Å². The Morgan fingerprint density at radius 2 is 1.06 bits per heavy atom. The highest BCUT2D eigenvalue weighted by Gasteiger charge is 2.55. The highest BCUT2D eigenvalue weighted by molar-refractivity contribution is 4.97. The van der Waals surface area contributed by atoms with E-state index in [1.54, 1.807) is 0 Å². The molecule has 0 bridgehead atoms. The Bertz CT molecular complexity index is 651. The molecule has 16 heteroatoms. The minimum Gasteiger partial charge on any atom is -0.394 e. The van der Waals surface area contributed by atoms with Crippen LogP contribution >= 0.6 is 0 Å². The lowest BCUT2D eigenvalue weighted by molar-refractivity contribution is -0.335. The molecule has 0 aromatic rings. The quantitative estimate of drug-likeness (QED) is 0.146. The predicted molar refractivity (Wildman–Crippen MR) is 101 cm³/mol. The molecule has 0 radical (unpaired) electrons. The van der Waals surface area contributed by atoms with Gasteiger partial charge in [-0.2, -0.15) is 0 Å². The van der Waals surface area contributed by atoms with Crippen LogP contribution in [0.15, 0.2) is 0 Å². The van der Waals surface area contributed by atoms with Crippen LogP contribution in [-0.4, -0.2) is 168 Å². The summed E-state index contributed by atoms with van der Waals surface area (Å²) in [6.45, 7) is -2.90. The molecule has 14 atom stereocenters. The standard InChI is InChI=1S/C18H32O16/c19-1-5-8(21)11(24)13(26)16(32-5)30-3-7-10(23)15(28)18(29,34-7)4-31-17-14(27)12(25)9(22)6(2-20)33-17/h5-17,19-29H,1-4H2/t5-,6-,7-,8-,9-,10-,11+,12+,13-,14-,15+,16+,17+,18-/m1/s1. The average molecular weight is 504 g/mol. The lowest BCUT2D eigenvalue weighted by atomic mass is 9.99. The lowest BCUT2D eigenvalue weighted by Gasteiger charge is -2.40. The summed E-state index contributed by atoms with van der Waals surface area (Å²) in [5.41, 5.74) is 0. The van der Waals surface area contributed by atoms with Crippen LogP contribution in [-0.2, 0) is 23.7 Å². The third-order valence-corrected chi connectivity index (χ3v) is 6.10. The van der Waals surface area contributed by atoms with E-state index in [1.807, 2.05) is 0 Å². The van der Waals surface area contributed by atoms with Crippen LogP contribution in [0.25, 0.3) is 0 Å². The van der Waals surface area contributed by atoms with E-state index >= 15 is 0 Å². The summed E-state index contributed by atoms with van der Waals surface area (Å²) >= 11 is 0. The first kappa shape index (κ1) is 27.9. The second kappa shape index (κ2) is 11.2. The molecule has 3 fully saturated rings. The molecule has 34 heavy (non-hydrogen) atoms. The Balaban J connectivity index is 1.57. The normalized spacial score (nSPS) is 52.1. The van der Waals surface area contributed by atoms with Gasteiger partial charge < -0.3 is 79.9 Å². The summed E-state index contributed by atoms with van der Waals surface area (Å²) in [5, 5.41) is 109. The second-order valence-corrected chi connectivity index (χ2v) is 8.48. The molecule has 3 saturated heterocycles. The van der Waals surface area contributed by atoms with Crippen molar-refractivity contribution in [3.05, 3.63) is 0 Å². The Kier molecular flexibility index (Phi) is 9.18. The molecule has 3 aliphatic rings. The lowest BCUT2D eigenvalue weighted by Crippen LogP contribution is -2.60. The van der Waals surface area contributed by atoms with Crippen molar-refractivity contribution in [2.24, 2.45) is 0 Å². The fraction of sp³-hybridized carbons (Fsp3) is 1.00. The molecule has 0 aliphatic carbocycles. The van der Waals surface area contributed by atoms with E-state index in [1.165, 1.54) is 0 Å². The van der Waals surface area contributed by atoms with E-state index in [0.29, 0.717) is 0 Å². The van der Waals surface area contributed by atoms with Crippen molar-refractivity contribution in [1.82, 2.24) is 0 Å². The molecule has 0 amide bonds. The SMILES string of the molecule is OC[C@H]1O[C@H](OC[C@H]2O[C@](O)(CO[C@H]3O[C@H](CO)[C@@H](O)[C@H](O)[C@H]3O)[C@@H](O)[C@@H]2O)[C@H](O)[C@@H](O)[C@@H]1O. The third kappa shape index (κ3) is 5.37. The molecule has 3 aliphatic heterocycles. The van der Waals surface area contributed by atoms with Gasteiger partial charge in [0.25, 0.3) is 0 Å². The zero-order valence-electron chi connectivity index (χ0n) is 17.8. The Hall–Kier alpha value is -0.640. The van der Waals surface area contributed by atoms with Gasteiger partial charge in [0, 0.05) is 0 Å². The van der Waals surface area contributed by atoms with Crippen molar-refractivity contribution in [3.8, 4) is 0 Å². The number of hydrogen-bond acceptors (Lipinski definition) is 16. The molecular weight excluding hydrogens is 472 g/mol. The van der Waals surface area contributed by atoms with E-state index in [0.717, 1.165) is 0 Å². The number of hydrogen-bond donors (Lipinski definition) is 11. The van der Waals surface area contributed by atoms with Crippen LogP contribution in [0.4, 0.5) is 0 Å². The molecule has 3 rings (SSSR count). The van der Waals surface area contributed by atoms with Crippen molar-refractivity contribution in [2.45, 2.75) is 85.5 Å². The van der Waals surface area contributed by atoms with Crippen molar-refractivity contribution >= 4 is 0 Å². The molecule has 0 unspecified atom stereocenters. The minimum atomic E-state index is -2.55. The van der Waals surface area contributed by atoms with Gasteiger partial charge in [-0.3, -0.25) is 0 Å². The van der Waals surface area contributed by atoms with Gasteiger partial charge in [-0.25, -0.2) is 0 Å². The number of aliphatic hydroxyl groups is 11. The van der Waals surface area contributed by atoms with Crippen molar-refractivity contribution in [3.63, 3.8) is 0 Å². The van der Waals surface area contributed by atoms with Crippen molar-refractivity contribution in [2.75, 3.05) is 26.4 Å². The topological polar surface area (TPSA) is 269 Å². The molecule has 3 heterocycles. The third-order valence-electron chi connectivity index (χ3n) is 6.10. The number of ether oxygens (including phenoxy) is 5. The summed E-state index contributed by atoms with van der Waals surface area (Å²) < 4.78 is 25.9. The van der Waals surface area contributed by atoms with Crippen LogP contribution < -0.4 is 0 Å². The molecule has 200 valence electrons. The van der Waals surface area contributed by atoms with Gasteiger partial charge in [0.15, 0.2) is 12.6 Å². The second-order valence-electron chi connectivity index (χ2n) is 8.48. The largest absolute Gasteiger partial charge is 0.394 e. The summed E-state index contributed by atoms with van der Waals surface area (Å²) in [5.74, 6) is -2.55. The van der Waals surface area contributed by atoms with Gasteiger partial charge in [0.2, 0.25) is 5.79 Å². The molecule has 0 aromatic carbocycles. The van der Waals surface area contributed by atoms with Crippen LogP contribution in [0.2, 0.25) is 0 Å². The van der Waals surface area contributed by atoms with Gasteiger partial charge in [0.05, 0.1) is 19.8 Å². The zero-order valence-corrected chi connectivity index (χ0v) is 17.8. The van der Waals surface area contributed by atoms with E-state index in [-0.39, 0.29) is 0 Å². The highest BCUT2D eigenvalue weighted by Crippen LogP contribution is 2.32. The average Bonchev–Trinajstić information content (AvgIpc) is 3.04. The van der Waals surface area contributed by atoms with Crippen molar-refractivity contribution in [1.29, 1.82) is 0 Å². The first-order valence-corrected chi connectivity index (χ1v) is 10.6. The van der Waals surface area contributed by atoms with Gasteiger partial charge in [0.1, 0.15) is 73.8 Å². The zero-order chi connectivity index (χ0) is 25.4. The fourth-order valence-corrected chi connectivity index (χ4v) is 3.93. The molecular formula is C18H32O16. The Morgan fingerprint density at radius 1 is 0.588 bits per heavy atom. The summed E-state index contributed by atoms with van der Waals surface area (Å²) in [6.07, 6.45) is -21.0. The number of rotatable bonds is 8. The maximum atomic E-state index is 10.6. The fourth-order valence-electron chi connectivity index (χ4n) is 3.93. The molecule has 16 nitrogen and oxygen atoms in total. The monoisotopic (exact) mass is 504 g/mol. The Labute approximate surface area is 192 Å². The molecule has 0 aromatic heterocycles. The van der Waals surface area contributed by atoms with Gasteiger partial charge in [-0.1, -0.05) is 0 Å². The summed E-state index contributed by atoms with van der Waals surface area (Å²) in [6, 6.07) is 0. The summed E-state index contributed by atoms with van der Waals surface area (Å²) in [7, 11) is 0. The van der Waals surface area contributed by atoms with E-state index in [9.17, 15) is 56.2 Å². The van der Waals surface area contributed by atoms with E-state index in [4.69, 9.17) is 23.7 Å². The summed E-state index contributed by atoms with van der Waals surface area (Å²) in [4.78, 5) is 0. The molecule has 11 N–H and O–H groups in total. The maximum Gasteiger partial charge on any atom is 0.219 e. The first-order valence-electron chi connectivity index (χ1n) is 10.6. The first-order chi connectivity index (χ1) is 15.9. The van der Waals surface area contributed by atoms with Crippen LogP contribution in [0.3, 0.4) is 0 Å².